The van der Waals surface area contributed by atoms with Gasteiger partial charge >= 0.3 is 0 Å². The Kier molecular flexibility index (Phi) is 3.64. The van der Waals surface area contributed by atoms with E-state index in [4.69, 9.17) is 10.00 Å². The van der Waals surface area contributed by atoms with E-state index < -0.39 is 0 Å². The van der Waals surface area contributed by atoms with E-state index in [0.717, 1.165) is 14.9 Å². The zero-order valence-electron chi connectivity index (χ0n) is 9.27. The van der Waals surface area contributed by atoms with E-state index >= 15 is 0 Å². The smallest absolute Gasteiger partial charge is 0.145 e. The van der Waals surface area contributed by atoms with Crippen LogP contribution in [0.4, 0.5) is 0 Å². The summed E-state index contributed by atoms with van der Waals surface area (Å²) in [6.45, 7) is 1.90. The van der Waals surface area contributed by atoms with E-state index in [9.17, 15) is 0 Å². The molecule has 0 radical (unpaired) electrons. The highest BCUT2D eigenvalue weighted by Crippen LogP contribution is 2.27. The fourth-order valence-electron chi connectivity index (χ4n) is 1.50. The third kappa shape index (κ3) is 2.77. The molecule has 0 aromatic heterocycles. The van der Waals surface area contributed by atoms with Gasteiger partial charge in [0.25, 0.3) is 0 Å². The van der Waals surface area contributed by atoms with Crippen molar-refractivity contribution in [3.63, 3.8) is 0 Å². The Morgan fingerprint density at radius 2 is 1.82 bits per heavy atom. The van der Waals surface area contributed by atoms with Gasteiger partial charge in [-0.25, -0.2) is 0 Å². The molecule has 0 saturated carbocycles. The quantitative estimate of drug-likeness (QED) is 0.768. The Bertz CT molecular complexity index is 570. The highest BCUT2D eigenvalue weighted by molar-refractivity contribution is 14.1. The van der Waals surface area contributed by atoms with Crippen LogP contribution in [0.15, 0.2) is 42.5 Å². The third-order valence-corrected chi connectivity index (χ3v) is 3.11. The molecule has 0 N–H and O–H groups in total. The van der Waals surface area contributed by atoms with Crippen molar-refractivity contribution in [3.05, 3.63) is 57.2 Å². The lowest BCUT2D eigenvalue weighted by Crippen LogP contribution is -1.90. The number of aryl methyl sites for hydroxylation is 1. The molecule has 0 heterocycles. The fourth-order valence-corrected chi connectivity index (χ4v) is 1.86. The van der Waals surface area contributed by atoms with Crippen LogP contribution in [0.2, 0.25) is 0 Å². The zero-order chi connectivity index (χ0) is 12.3. The van der Waals surface area contributed by atoms with Gasteiger partial charge in [-0.15, -0.1) is 0 Å². The molecular weight excluding hydrogens is 325 g/mol. The molecule has 84 valence electrons. The number of halogens is 1. The number of hydrogen-bond acceptors (Lipinski definition) is 2. The Labute approximate surface area is 114 Å². The second-order valence-electron chi connectivity index (χ2n) is 3.62. The van der Waals surface area contributed by atoms with Crippen molar-refractivity contribution in [2.24, 2.45) is 0 Å². The Balaban J connectivity index is 2.34. The number of rotatable bonds is 2. The first kappa shape index (κ1) is 11.9. The highest BCUT2D eigenvalue weighted by atomic mass is 127. The molecule has 2 nitrogen and oxygen atoms in total. The molecule has 2 rings (SSSR count). The average molecular weight is 335 g/mol. The Morgan fingerprint density at radius 3 is 2.47 bits per heavy atom. The SMILES string of the molecule is Cc1cccc(Oc2ccc(I)cc2)c1C#N. The predicted octanol–water partition coefficient (Wildman–Crippen LogP) is 4.26. The van der Waals surface area contributed by atoms with Crippen LogP contribution in [0, 0.1) is 21.8 Å². The van der Waals surface area contributed by atoms with Crippen molar-refractivity contribution in [2.45, 2.75) is 6.92 Å². The topological polar surface area (TPSA) is 33.0 Å². The van der Waals surface area contributed by atoms with Gasteiger partial charge in [-0.1, -0.05) is 12.1 Å². The van der Waals surface area contributed by atoms with E-state index in [-0.39, 0.29) is 0 Å². The normalized spacial score (nSPS) is 9.71. The molecule has 0 amide bonds. The number of nitrogens with zero attached hydrogens (tertiary/aromatic N) is 1. The summed E-state index contributed by atoms with van der Waals surface area (Å²) in [6.07, 6.45) is 0. The molecule has 0 aliphatic heterocycles. The molecule has 0 atom stereocenters. The highest BCUT2D eigenvalue weighted by Gasteiger charge is 2.06. The lowest BCUT2D eigenvalue weighted by molar-refractivity contribution is 0.480. The van der Waals surface area contributed by atoms with Gasteiger partial charge in [0.2, 0.25) is 0 Å². The fraction of sp³-hybridized carbons (Fsp3) is 0.0714. The molecule has 0 aliphatic carbocycles. The zero-order valence-corrected chi connectivity index (χ0v) is 11.4. The minimum atomic E-state index is 0.589. The number of benzene rings is 2. The van der Waals surface area contributed by atoms with Crippen LogP contribution in [0.1, 0.15) is 11.1 Å². The summed E-state index contributed by atoms with van der Waals surface area (Å²) in [4.78, 5) is 0. The largest absolute Gasteiger partial charge is 0.456 e. The molecule has 2 aromatic carbocycles. The van der Waals surface area contributed by atoms with Crippen LogP contribution < -0.4 is 4.74 Å². The van der Waals surface area contributed by atoms with Crippen LogP contribution in [0.5, 0.6) is 11.5 Å². The van der Waals surface area contributed by atoms with Gasteiger partial charge in [0.1, 0.15) is 17.6 Å². The minimum Gasteiger partial charge on any atom is -0.456 e. The maximum atomic E-state index is 9.09. The second-order valence-corrected chi connectivity index (χ2v) is 4.86. The predicted molar refractivity (Wildman–Crippen MR) is 75.1 cm³/mol. The van der Waals surface area contributed by atoms with Gasteiger partial charge in [-0.3, -0.25) is 0 Å². The van der Waals surface area contributed by atoms with Gasteiger partial charge in [-0.05, 0) is 65.4 Å². The molecular formula is C14H10INO. The van der Waals surface area contributed by atoms with Gasteiger partial charge in [0.05, 0.1) is 5.56 Å². The van der Waals surface area contributed by atoms with Crippen LogP contribution in [-0.4, -0.2) is 0 Å². The molecule has 0 unspecified atom stereocenters. The van der Waals surface area contributed by atoms with Crippen molar-refractivity contribution >= 4 is 22.6 Å². The van der Waals surface area contributed by atoms with Crippen LogP contribution >= 0.6 is 22.6 Å². The van der Waals surface area contributed by atoms with Crippen molar-refractivity contribution in [2.75, 3.05) is 0 Å². The number of nitriles is 1. The standard InChI is InChI=1S/C14H10INO/c1-10-3-2-4-14(13(10)9-16)17-12-7-5-11(15)6-8-12/h2-8H,1H3. The third-order valence-electron chi connectivity index (χ3n) is 2.39. The van der Waals surface area contributed by atoms with Gasteiger partial charge in [0.15, 0.2) is 0 Å². The van der Waals surface area contributed by atoms with E-state index in [2.05, 4.69) is 28.7 Å². The molecule has 17 heavy (non-hydrogen) atoms. The summed E-state index contributed by atoms with van der Waals surface area (Å²) < 4.78 is 6.86. The minimum absolute atomic E-state index is 0.589. The van der Waals surface area contributed by atoms with Crippen molar-refractivity contribution < 1.29 is 4.74 Å². The summed E-state index contributed by atoms with van der Waals surface area (Å²) in [5, 5.41) is 9.09. The second kappa shape index (κ2) is 5.19. The van der Waals surface area contributed by atoms with Crippen molar-refractivity contribution in [1.29, 1.82) is 5.26 Å². The Morgan fingerprint density at radius 1 is 1.12 bits per heavy atom. The van der Waals surface area contributed by atoms with Crippen LogP contribution in [0.25, 0.3) is 0 Å². The Hall–Kier alpha value is -1.54. The first-order valence-corrected chi connectivity index (χ1v) is 6.21. The molecule has 0 spiro atoms. The van der Waals surface area contributed by atoms with Crippen molar-refractivity contribution in [1.82, 2.24) is 0 Å². The van der Waals surface area contributed by atoms with E-state index in [0.29, 0.717) is 11.3 Å². The summed E-state index contributed by atoms with van der Waals surface area (Å²) in [7, 11) is 0. The lowest BCUT2D eigenvalue weighted by Gasteiger charge is -2.08. The van der Waals surface area contributed by atoms with Crippen LogP contribution in [-0.2, 0) is 0 Å². The molecule has 0 bridgehead atoms. The maximum Gasteiger partial charge on any atom is 0.145 e. The monoisotopic (exact) mass is 335 g/mol. The number of ether oxygens (including phenoxy) is 1. The average Bonchev–Trinajstić information content (AvgIpc) is 2.32. The molecule has 3 heteroatoms. The number of hydrogen-bond donors (Lipinski definition) is 0. The molecule has 0 fully saturated rings. The summed E-state index contributed by atoms with van der Waals surface area (Å²) in [5.74, 6) is 1.35. The lowest BCUT2D eigenvalue weighted by atomic mass is 10.1. The summed E-state index contributed by atoms with van der Waals surface area (Å²) >= 11 is 2.24. The first-order valence-electron chi connectivity index (χ1n) is 5.14. The first-order chi connectivity index (χ1) is 8.20. The van der Waals surface area contributed by atoms with E-state index in [1.807, 2.05) is 49.4 Å². The molecule has 2 aromatic rings. The maximum absolute atomic E-state index is 9.09. The van der Waals surface area contributed by atoms with Gasteiger partial charge in [-0.2, -0.15) is 5.26 Å². The van der Waals surface area contributed by atoms with Gasteiger partial charge < -0.3 is 4.74 Å². The summed E-state index contributed by atoms with van der Waals surface area (Å²) in [5.41, 5.74) is 1.52. The van der Waals surface area contributed by atoms with Crippen molar-refractivity contribution in [3.8, 4) is 17.6 Å². The van der Waals surface area contributed by atoms with E-state index in [1.165, 1.54) is 0 Å². The summed E-state index contributed by atoms with van der Waals surface area (Å²) in [6, 6.07) is 15.5. The van der Waals surface area contributed by atoms with E-state index in [1.54, 1.807) is 0 Å². The van der Waals surface area contributed by atoms with Crippen LogP contribution in [0.3, 0.4) is 0 Å². The van der Waals surface area contributed by atoms with Gasteiger partial charge in [0, 0.05) is 3.57 Å². The molecule has 0 aliphatic rings. The molecule has 0 saturated heterocycles.